The van der Waals surface area contributed by atoms with Gasteiger partial charge in [0.1, 0.15) is 17.5 Å². The highest BCUT2D eigenvalue weighted by molar-refractivity contribution is 5.34. The Balaban J connectivity index is 2.40. The van der Waals surface area contributed by atoms with Crippen molar-refractivity contribution in [3.63, 3.8) is 0 Å². The van der Waals surface area contributed by atoms with Crippen molar-refractivity contribution < 1.29 is 13.2 Å². The third kappa shape index (κ3) is 2.54. The summed E-state index contributed by atoms with van der Waals surface area (Å²) >= 11 is 0. The first-order valence-corrected chi connectivity index (χ1v) is 5.45. The minimum atomic E-state index is -0.759. The van der Waals surface area contributed by atoms with Crippen molar-refractivity contribution in [3.05, 3.63) is 70.5 Å². The van der Waals surface area contributed by atoms with E-state index < -0.39 is 17.7 Å². The minimum absolute atomic E-state index is 0.274. The summed E-state index contributed by atoms with van der Waals surface area (Å²) in [7, 11) is 0. The summed E-state index contributed by atoms with van der Waals surface area (Å²) in [5, 5.41) is 0. The van der Waals surface area contributed by atoms with Crippen LogP contribution in [0.4, 0.5) is 13.2 Å². The predicted molar refractivity (Wildman–Crippen MR) is 63.5 cm³/mol. The molecule has 18 heavy (non-hydrogen) atoms. The second kappa shape index (κ2) is 4.82. The molecule has 0 fully saturated rings. The second-order valence-electron chi connectivity index (χ2n) is 4.19. The lowest BCUT2D eigenvalue weighted by Gasteiger charge is -2.13. The summed E-state index contributed by atoms with van der Waals surface area (Å²) in [4.78, 5) is 0. The van der Waals surface area contributed by atoms with Gasteiger partial charge in [0, 0.05) is 6.07 Å². The Morgan fingerprint density at radius 1 is 0.889 bits per heavy atom. The lowest BCUT2D eigenvalue weighted by atomic mass is 9.98. The Labute approximate surface area is 103 Å². The fourth-order valence-corrected chi connectivity index (χ4v) is 1.75. The van der Waals surface area contributed by atoms with E-state index >= 15 is 0 Å². The molecule has 0 aliphatic carbocycles. The summed E-state index contributed by atoms with van der Waals surface area (Å²) in [5.74, 6) is -1.79. The van der Waals surface area contributed by atoms with E-state index in [1.807, 2.05) is 0 Å². The van der Waals surface area contributed by atoms with Crippen LogP contribution in [0.5, 0.6) is 0 Å². The molecule has 1 unspecified atom stereocenters. The van der Waals surface area contributed by atoms with Crippen LogP contribution in [0.25, 0.3) is 0 Å². The number of hydrogen-bond acceptors (Lipinski definition) is 1. The molecule has 0 saturated heterocycles. The lowest BCUT2D eigenvalue weighted by Crippen LogP contribution is -2.13. The molecule has 2 N–H and O–H groups in total. The smallest absolute Gasteiger partial charge is 0.126 e. The van der Waals surface area contributed by atoms with Crippen LogP contribution in [0, 0.1) is 24.4 Å². The molecule has 2 rings (SSSR count). The highest BCUT2D eigenvalue weighted by Gasteiger charge is 2.12. The quantitative estimate of drug-likeness (QED) is 0.869. The van der Waals surface area contributed by atoms with Gasteiger partial charge in [-0.2, -0.15) is 0 Å². The van der Waals surface area contributed by atoms with E-state index in [1.165, 1.54) is 6.07 Å². The molecule has 94 valence electrons. The fourth-order valence-electron chi connectivity index (χ4n) is 1.75. The molecule has 0 amide bonds. The summed E-state index contributed by atoms with van der Waals surface area (Å²) in [6, 6.07) is 6.81. The molecule has 0 bridgehead atoms. The van der Waals surface area contributed by atoms with E-state index in [2.05, 4.69) is 0 Å². The number of aryl methyl sites for hydroxylation is 1. The standard InChI is InChI=1S/C14H12F3N/c1-8-2-3-9(6-13(8)17)14(18)10-4-11(15)7-12(16)5-10/h2-7,14H,18H2,1H3. The van der Waals surface area contributed by atoms with Crippen molar-refractivity contribution in [1.29, 1.82) is 0 Å². The van der Waals surface area contributed by atoms with E-state index in [0.29, 0.717) is 11.1 Å². The molecule has 1 atom stereocenters. The molecule has 0 spiro atoms. The maximum Gasteiger partial charge on any atom is 0.126 e. The van der Waals surface area contributed by atoms with Gasteiger partial charge in [-0.25, -0.2) is 13.2 Å². The number of halogens is 3. The van der Waals surface area contributed by atoms with E-state index in [-0.39, 0.29) is 11.4 Å². The zero-order valence-electron chi connectivity index (χ0n) is 9.75. The van der Waals surface area contributed by atoms with Gasteiger partial charge in [-0.15, -0.1) is 0 Å². The molecule has 0 heterocycles. The summed E-state index contributed by atoms with van der Waals surface area (Å²) in [6.45, 7) is 1.63. The zero-order valence-corrected chi connectivity index (χ0v) is 9.75. The van der Waals surface area contributed by atoms with E-state index in [1.54, 1.807) is 19.1 Å². The third-order valence-electron chi connectivity index (χ3n) is 2.80. The molecular formula is C14H12F3N. The van der Waals surface area contributed by atoms with E-state index in [9.17, 15) is 13.2 Å². The van der Waals surface area contributed by atoms with Gasteiger partial charge in [-0.1, -0.05) is 12.1 Å². The molecule has 2 aromatic rings. The average molecular weight is 251 g/mol. The normalized spacial score (nSPS) is 12.5. The molecule has 2 aromatic carbocycles. The van der Waals surface area contributed by atoms with Gasteiger partial charge in [-0.3, -0.25) is 0 Å². The second-order valence-corrected chi connectivity index (χ2v) is 4.19. The Morgan fingerprint density at radius 3 is 2.06 bits per heavy atom. The number of benzene rings is 2. The topological polar surface area (TPSA) is 26.0 Å². The van der Waals surface area contributed by atoms with Gasteiger partial charge in [0.15, 0.2) is 0 Å². The molecular weight excluding hydrogens is 239 g/mol. The molecule has 4 heteroatoms. The molecule has 0 aliphatic rings. The van der Waals surface area contributed by atoms with Gasteiger partial charge in [-0.05, 0) is 41.8 Å². The average Bonchev–Trinajstić information content (AvgIpc) is 2.30. The van der Waals surface area contributed by atoms with Crippen LogP contribution in [0.15, 0.2) is 36.4 Å². The van der Waals surface area contributed by atoms with Crippen molar-refractivity contribution >= 4 is 0 Å². The summed E-state index contributed by atoms with van der Waals surface area (Å²) < 4.78 is 39.6. The van der Waals surface area contributed by atoms with Crippen LogP contribution in [0.1, 0.15) is 22.7 Å². The van der Waals surface area contributed by atoms with Crippen LogP contribution in [0.2, 0.25) is 0 Å². The van der Waals surface area contributed by atoms with Gasteiger partial charge in [0.25, 0.3) is 0 Å². The highest BCUT2D eigenvalue weighted by Crippen LogP contribution is 2.23. The molecule has 1 nitrogen and oxygen atoms in total. The number of nitrogens with two attached hydrogens (primary N) is 1. The fraction of sp³-hybridized carbons (Fsp3) is 0.143. The van der Waals surface area contributed by atoms with Gasteiger partial charge in [0.2, 0.25) is 0 Å². The number of rotatable bonds is 2. The summed E-state index contributed by atoms with van der Waals surface area (Å²) in [6.07, 6.45) is 0. The van der Waals surface area contributed by atoms with Gasteiger partial charge < -0.3 is 5.73 Å². The van der Waals surface area contributed by atoms with Crippen molar-refractivity contribution in [2.24, 2.45) is 5.73 Å². The summed E-state index contributed by atoms with van der Waals surface area (Å²) in [5.41, 5.74) is 7.12. The monoisotopic (exact) mass is 251 g/mol. The Bertz CT molecular complexity index is 561. The van der Waals surface area contributed by atoms with Gasteiger partial charge in [0.05, 0.1) is 6.04 Å². The van der Waals surface area contributed by atoms with Crippen LogP contribution in [-0.2, 0) is 0 Å². The SMILES string of the molecule is Cc1ccc(C(N)c2cc(F)cc(F)c2)cc1F. The molecule has 0 aromatic heterocycles. The Morgan fingerprint density at radius 2 is 1.50 bits per heavy atom. The van der Waals surface area contributed by atoms with Crippen molar-refractivity contribution in [2.45, 2.75) is 13.0 Å². The maximum absolute atomic E-state index is 13.4. The Hall–Kier alpha value is -1.81. The maximum atomic E-state index is 13.4. The first-order valence-electron chi connectivity index (χ1n) is 5.45. The van der Waals surface area contributed by atoms with Crippen LogP contribution >= 0.6 is 0 Å². The largest absolute Gasteiger partial charge is 0.320 e. The highest BCUT2D eigenvalue weighted by atomic mass is 19.1. The van der Waals surface area contributed by atoms with E-state index in [4.69, 9.17) is 5.73 Å². The van der Waals surface area contributed by atoms with Crippen LogP contribution in [-0.4, -0.2) is 0 Å². The first kappa shape index (κ1) is 12.6. The zero-order chi connectivity index (χ0) is 13.3. The van der Waals surface area contributed by atoms with Crippen molar-refractivity contribution in [3.8, 4) is 0 Å². The van der Waals surface area contributed by atoms with E-state index in [0.717, 1.165) is 18.2 Å². The predicted octanol–water partition coefficient (Wildman–Crippen LogP) is 3.46. The van der Waals surface area contributed by atoms with Gasteiger partial charge >= 0.3 is 0 Å². The third-order valence-corrected chi connectivity index (χ3v) is 2.80. The Kier molecular flexibility index (Phi) is 3.39. The molecule has 0 radical (unpaired) electrons. The van der Waals surface area contributed by atoms with Crippen molar-refractivity contribution in [1.82, 2.24) is 0 Å². The van der Waals surface area contributed by atoms with Crippen LogP contribution in [0.3, 0.4) is 0 Å². The lowest BCUT2D eigenvalue weighted by molar-refractivity contribution is 0.577. The van der Waals surface area contributed by atoms with Crippen LogP contribution < -0.4 is 5.73 Å². The minimum Gasteiger partial charge on any atom is -0.320 e. The van der Waals surface area contributed by atoms with Crippen molar-refractivity contribution in [2.75, 3.05) is 0 Å². The molecule has 0 aliphatic heterocycles. The number of hydrogen-bond donors (Lipinski definition) is 1. The molecule has 0 saturated carbocycles. The first-order chi connectivity index (χ1) is 8.47.